The molecule has 4 rings (SSSR count). The minimum Gasteiger partial charge on any atom is -0.393 e. The van der Waals surface area contributed by atoms with Crippen molar-refractivity contribution in [2.75, 3.05) is 0 Å². The predicted molar refractivity (Wildman–Crippen MR) is 130 cm³/mol. The highest BCUT2D eigenvalue weighted by molar-refractivity contribution is 6.12. The van der Waals surface area contributed by atoms with Crippen molar-refractivity contribution in [2.45, 2.75) is 98.7 Å². The third kappa shape index (κ3) is 3.54. The molecule has 4 heteroatoms. The van der Waals surface area contributed by atoms with Crippen molar-refractivity contribution in [3.05, 3.63) is 23.3 Å². The number of carbonyl (C=O) groups excluding carboxylic acids is 2. The fourth-order valence-corrected chi connectivity index (χ4v) is 8.30. The van der Waals surface area contributed by atoms with Crippen LogP contribution in [0.1, 0.15) is 86.5 Å². The fraction of sp³-hybridized carbons (Fsp3) is 0.793. The summed E-state index contributed by atoms with van der Waals surface area (Å²) in [5.41, 5.74) is 1.60. The third-order valence-corrected chi connectivity index (χ3v) is 10.7. The Morgan fingerprint density at radius 2 is 1.79 bits per heavy atom. The summed E-state index contributed by atoms with van der Waals surface area (Å²) < 4.78 is 0. The number of fused-ring (bicyclic) bond motifs is 4. The molecule has 0 bridgehead atoms. The van der Waals surface area contributed by atoms with Crippen LogP contribution >= 0.6 is 0 Å². The lowest BCUT2D eigenvalue weighted by atomic mass is 9.47. The summed E-state index contributed by atoms with van der Waals surface area (Å²) in [6.07, 6.45) is 4.05. The molecule has 184 valence electrons. The highest BCUT2D eigenvalue weighted by Gasteiger charge is 2.64. The van der Waals surface area contributed by atoms with Crippen LogP contribution in [0.3, 0.4) is 0 Å². The van der Waals surface area contributed by atoms with Crippen LogP contribution in [0.15, 0.2) is 23.3 Å². The summed E-state index contributed by atoms with van der Waals surface area (Å²) in [6, 6.07) is 0. The van der Waals surface area contributed by atoms with Gasteiger partial charge in [-0.15, -0.1) is 0 Å². The lowest BCUT2D eigenvalue weighted by Gasteiger charge is -2.56. The Kier molecular flexibility index (Phi) is 6.36. The van der Waals surface area contributed by atoms with Gasteiger partial charge in [-0.05, 0) is 74.0 Å². The second-order valence-electron chi connectivity index (χ2n) is 12.6. The molecule has 2 N–H and O–H groups in total. The maximum absolute atomic E-state index is 13.9. The minimum atomic E-state index is -1.06. The van der Waals surface area contributed by atoms with Crippen LogP contribution < -0.4 is 0 Å². The van der Waals surface area contributed by atoms with Gasteiger partial charge in [0.2, 0.25) is 0 Å². The highest BCUT2D eigenvalue weighted by atomic mass is 16.3. The Hall–Kier alpha value is -1.26. The van der Waals surface area contributed by atoms with Gasteiger partial charge in [0.15, 0.2) is 11.6 Å². The maximum Gasteiger partial charge on any atom is 0.188 e. The molecule has 3 unspecified atom stereocenters. The van der Waals surface area contributed by atoms with Gasteiger partial charge in [0.25, 0.3) is 0 Å². The maximum atomic E-state index is 13.9. The summed E-state index contributed by atoms with van der Waals surface area (Å²) in [6.45, 7) is 17.0. The number of Topliss-reactive ketones (excluding diaryl/α,β-unsaturated/α-hetero) is 2. The summed E-state index contributed by atoms with van der Waals surface area (Å²) in [5.74, 6) is 0.798. The molecule has 33 heavy (non-hydrogen) atoms. The lowest BCUT2D eigenvalue weighted by Crippen LogP contribution is -2.58. The largest absolute Gasteiger partial charge is 0.393 e. The predicted octanol–water partition coefficient (Wildman–Crippen LogP) is 5.27. The van der Waals surface area contributed by atoms with Crippen LogP contribution in [0, 0.1) is 46.3 Å². The van der Waals surface area contributed by atoms with Crippen molar-refractivity contribution in [3.8, 4) is 0 Å². The molecule has 0 aromatic rings. The zero-order chi connectivity index (χ0) is 24.5. The Bertz CT molecular complexity index is 884. The third-order valence-electron chi connectivity index (χ3n) is 10.7. The zero-order valence-corrected chi connectivity index (χ0v) is 21.5. The summed E-state index contributed by atoms with van der Waals surface area (Å²) >= 11 is 0. The van der Waals surface area contributed by atoms with Crippen LogP contribution in [-0.2, 0) is 9.59 Å². The van der Waals surface area contributed by atoms with E-state index in [1.165, 1.54) is 5.57 Å². The first kappa shape index (κ1) is 24.9. The molecule has 0 heterocycles. The van der Waals surface area contributed by atoms with Gasteiger partial charge in [0.1, 0.15) is 6.10 Å². The number of carbonyl (C=O) groups is 2. The molecule has 0 amide bonds. The molecular weight excluding hydrogens is 412 g/mol. The zero-order valence-electron chi connectivity index (χ0n) is 21.5. The number of ketones is 2. The molecule has 0 aliphatic heterocycles. The van der Waals surface area contributed by atoms with E-state index in [9.17, 15) is 19.8 Å². The van der Waals surface area contributed by atoms with Gasteiger partial charge in [-0.2, -0.15) is 0 Å². The monoisotopic (exact) mass is 456 g/mol. The van der Waals surface area contributed by atoms with E-state index >= 15 is 0 Å². The molecule has 0 radical (unpaired) electrons. The SMILES string of the molecule is C=C(CC[C@@H](C)C1CCC2C3=C(C(=O)[C@H](O)[C@@]21C)[C@@]1(C)CC[C@H](O)[C@@H](C)C1CC3=O)C(C)C. The van der Waals surface area contributed by atoms with Gasteiger partial charge in [-0.1, -0.05) is 53.7 Å². The number of hydrogen-bond acceptors (Lipinski definition) is 4. The van der Waals surface area contributed by atoms with Crippen molar-refractivity contribution in [1.82, 2.24) is 0 Å². The summed E-state index contributed by atoms with van der Waals surface area (Å²) in [4.78, 5) is 27.5. The molecule has 0 spiro atoms. The van der Waals surface area contributed by atoms with E-state index < -0.39 is 23.0 Å². The number of aliphatic hydroxyl groups excluding tert-OH is 2. The van der Waals surface area contributed by atoms with E-state index in [1.54, 1.807) is 0 Å². The molecule has 0 aromatic heterocycles. The number of allylic oxidation sites excluding steroid dienone is 2. The molecule has 0 aromatic carbocycles. The van der Waals surface area contributed by atoms with Crippen molar-refractivity contribution in [1.29, 1.82) is 0 Å². The molecule has 2 fully saturated rings. The second-order valence-corrected chi connectivity index (χ2v) is 12.6. The highest BCUT2D eigenvalue weighted by Crippen LogP contribution is 2.65. The molecule has 4 nitrogen and oxygen atoms in total. The van der Waals surface area contributed by atoms with Crippen LogP contribution in [0.4, 0.5) is 0 Å². The Labute approximate surface area is 199 Å². The standard InChI is InChI=1S/C29H44O4/c1-15(2)16(3)8-9-17(4)19-10-11-20-24-23(31)14-21-18(5)22(30)12-13-28(21,6)25(24)26(32)27(33)29(19,20)7/h15,17-22,27,30,33H,3,8-14H2,1-2,4-7H3/t17-,18+,19?,20?,21?,22+,27+,28+,29-/m1/s1. The van der Waals surface area contributed by atoms with Crippen LogP contribution in [0.25, 0.3) is 0 Å². The number of hydrogen-bond donors (Lipinski definition) is 2. The average Bonchev–Trinajstić information content (AvgIpc) is 3.12. The van der Waals surface area contributed by atoms with Gasteiger partial charge < -0.3 is 10.2 Å². The first-order valence-corrected chi connectivity index (χ1v) is 13.2. The molecule has 0 saturated heterocycles. The van der Waals surface area contributed by atoms with E-state index in [0.717, 1.165) is 31.3 Å². The average molecular weight is 457 g/mol. The summed E-state index contributed by atoms with van der Waals surface area (Å²) in [7, 11) is 0. The first-order chi connectivity index (χ1) is 15.4. The van der Waals surface area contributed by atoms with Gasteiger partial charge in [-0.3, -0.25) is 9.59 Å². The van der Waals surface area contributed by atoms with E-state index in [4.69, 9.17) is 0 Å². The number of aliphatic hydroxyl groups is 2. The topological polar surface area (TPSA) is 74.6 Å². The quantitative estimate of drug-likeness (QED) is 0.553. The second kappa shape index (κ2) is 8.45. The van der Waals surface area contributed by atoms with Gasteiger partial charge in [-0.25, -0.2) is 0 Å². The Morgan fingerprint density at radius 3 is 2.42 bits per heavy atom. The molecule has 2 saturated carbocycles. The lowest BCUT2D eigenvalue weighted by molar-refractivity contribution is -0.145. The summed E-state index contributed by atoms with van der Waals surface area (Å²) in [5, 5.41) is 22.1. The van der Waals surface area contributed by atoms with Crippen molar-refractivity contribution in [3.63, 3.8) is 0 Å². The smallest absolute Gasteiger partial charge is 0.188 e. The first-order valence-electron chi connectivity index (χ1n) is 13.2. The van der Waals surface area contributed by atoms with Crippen LogP contribution in [0.2, 0.25) is 0 Å². The van der Waals surface area contributed by atoms with Crippen molar-refractivity contribution < 1.29 is 19.8 Å². The van der Waals surface area contributed by atoms with Gasteiger partial charge in [0, 0.05) is 28.4 Å². The minimum absolute atomic E-state index is 0.0228. The number of rotatable bonds is 5. The van der Waals surface area contributed by atoms with Crippen LogP contribution in [-0.4, -0.2) is 34.0 Å². The van der Waals surface area contributed by atoms with Gasteiger partial charge >= 0.3 is 0 Å². The van der Waals surface area contributed by atoms with E-state index in [1.807, 2.05) is 6.92 Å². The Morgan fingerprint density at radius 1 is 1.12 bits per heavy atom. The molecule has 4 aliphatic rings. The van der Waals surface area contributed by atoms with E-state index in [0.29, 0.717) is 36.7 Å². The van der Waals surface area contributed by atoms with E-state index in [2.05, 4.69) is 41.2 Å². The van der Waals surface area contributed by atoms with Crippen molar-refractivity contribution >= 4 is 11.6 Å². The molecular formula is C29H44O4. The van der Waals surface area contributed by atoms with Crippen LogP contribution in [0.5, 0.6) is 0 Å². The van der Waals surface area contributed by atoms with Crippen molar-refractivity contribution in [2.24, 2.45) is 46.3 Å². The van der Waals surface area contributed by atoms with Gasteiger partial charge in [0.05, 0.1) is 6.10 Å². The molecule has 9 atom stereocenters. The van der Waals surface area contributed by atoms with E-state index in [-0.39, 0.29) is 35.2 Å². The molecule has 4 aliphatic carbocycles. The normalized spacial score (nSPS) is 43.9. The Balaban J connectivity index is 1.71. The fourth-order valence-electron chi connectivity index (χ4n) is 8.30.